The van der Waals surface area contributed by atoms with E-state index in [1.54, 1.807) is 12.1 Å². The molecule has 1 atom stereocenters. The van der Waals surface area contributed by atoms with Gasteiger partial charge in [-0.25, -0.2) is 14.4 Å². The van der Waals surface area contributed by atoms with Crippen LogP contribution < -0.4 is 4.90 Å². The van der Waals surface area contributed by atoms with Gasteiger partial charge in [0.15, 0.2) is 0 Å². The zero-order chi connectivity index (χ0) is 15.7. The highest BCUT2D eigenvalue weighted by atomic mass is 35.5. The van der Waals surface area contributed by atoms with Crippen LogP contribution in [0, 0.1) is 5.82 Å². The van der Waals surface area contributed by atoms with E-state index in [4.69, 9.17) is 16.3 Å². The molecule has 3 rings (SSSR count). The monoisotopic (exact) mass is 321 g/mol. The number of ether oxygens (including phenoxy) is 1. The van der Waals surface area contributed by atoms with Gasteiger partial charge in [-0.1, -0.05) is 12.1 Å². The highest BCUT2D eigenvalue weighted by Crippen LogP contribution is 2.35. The molecule has 2 aromatic rings. The van der Waals surface area contributed by atoms with Crippen molar-refractivity contribution in [2.75, 3.05) is 25.1 Å². The summed E-state index contributed by atoms with van der Waals surface area (Å²) in [4.78, 5) is 10.8. The topological polar surface area (TPSA) is 38.2 Å². The molecule has 116 valence electrons. The number of benzene rings is 1. The first-order chi connectivity index (χ1) is 10.6. The number of nitrogens with zero attached hydrogens (tertiary/aromatic N) is 3. The summed E-state index contributed by atoms with van der Waals surface area (Å²) >= 11 is 6.10. The Balaban J connectivity index is 2.09. The van der Waals surface area contributed by atoms with Crippen LogP contribution in [-0.4, -0.2) is 30.2 Å². The molecular formula is C16H17ClFN3O. The molecule has 6 heteroatoms. The van der Waals surface area contributed by atoms with E-state index in [1.807, 2.05) is 11.9 Å². The number of aromatic nitrogens is 2. The molecule has 2 heterocycles. The van der Waals surface area contributed by atoms with Crippen LogP contribution in [0.5, 0.6) is 0 Å². The minimum atomic E-state index is -0.339. The van der Waals surface area contributed by atoms with Crippen molar-refractivity contribution in [1.29, 1.82) is 0 Å². The molecule has 0 bridgehead atoms. The van der Waals surface area contributed by atoms with Crippen molar-refractivity contribution in [3.8, 4) is 0 Å². The highest BCUT2D eigenvalue weighted by Gasteiger charge is 2.28. The maximum atomic E-state index is 13.1. The Morgan fingerprint density at radius 1 is 1.32 bits per heavy atom. The lowest BCUT2D eigenvalue weighted by molar-refractivity contribution is 0.0663. The lowest BCUT2D eigenvalue weighted by Crippen LogP contribution is -2.26. The molecule has 22 heavy (non-hydrogen) atoms. The second kappa shape index (κ2) is 6.18. The van der Waals surface area contributed by atoms with E-state index in [0.717, 1.165) is 35.6 Å². The minimum absolute atomic E-state index is 0.201. The Hall–Kier alpha value is -1.72. The number of anilines is 1. The smallest absolute Gasteiger partial charge is 0.224 e. The summed E-state index contributed by atoms with van der Waals surface area (Å²) in [5.41, 5.74) is 2.68. The number of fused-ring (bicyclic) bond motifs is 1. The molecule has 0 radical (unpaired) electrons. The molecule has 0 N–H and O–H groups in total. The normalized spacial score (nSPS) is 17.2. The van der Waals surface area contributed by atoms with Gasteiger partial charge in [0.2, 0.25) is 5.28 Å². The van der Waals surface area contributed by atoms with Crippen LogP contribution in [0.25, 0.3) is 0 Å². The van der Waals surface area contributed by atoms with Crippen LogP contribution in [-0.2, 0) is 11.2 Å². The Kier molecular flexibility index (Phi) is 4.27. The van der Waals surface area contributed by atoms with Crippen molar-refractivity contribution in [2.45, 2.75) is 19.4 Å². The first-order valence-corrected chi connectivity index (χ1v) is 7.62. The van der Waals surface area contributed by atoms with Crippen molar-refractivity contribution in [1.82, 2.24) is 9.97 Å². The molecule has 1 aromatic heterocycles. The Bertz CT molecular complexity index is 678. The first kappa shape index (κ1) is 15.2. The molecule has 0 spiro atoms. The molecule has 1 aliphatic rings. The van der Waals surface area contributed by atoms with Crippen molar-refractivity contribution >= 4 is 17.4 Å². The maximum Gasteiger partial charge on any atom is 0.224 e. The molecule has 1 unspecified atom stereocenters. The van der Waals surface area contributed by atoms with E-state index in [-0.39, 0.29) is 17.2 Å². The second-order valence-corrected chi connectivity index (χ2v) is 5.58. The van der Waals surface area contributed by atoms with E-state index in [2.05, 4.69) is 16.9 Å². The Morgan fingerprint density at radius 3 is 2.73 bits per heavy atom. The van der Waals surface area contributed by atoms with Gasteiger partial charge in [0.1, 0.15) is 17.7 Å². The van der Waals surface area contributed by atoms with Gasteiger partial charge >= 0.3 is 0 Å². The second-order valence-electron chi connectivity index (χ2n) is 5.25. The van der Waals surface area contributed by atoms with E-state index in [1.165, 1.54) is 12.1 Å². The summed E-state index contributed by atoms with van der Waals surface area (Å²) in [6.45, 7) is 3.45. The van der Waals surface area contributed by atoms with E-state index >= 15 is 0 Å². The molecular weight excluding hydrogens is 305 g/mol. The van der Waals surface area contributed by atoms with Gasteiger partial charge in [0, 0.05) is 25.6 Å². The molecule has 0 amide bonds. The predicted molar refractivity (Wildman–Crippen MR) is 83.9 cm³/mol. The molecule has 0 fully saturated rings. The van der Waals surface area contributed by atoms with Gasteiger partial charge in [-0.15, -0.1) is 0 Å². The molecule has 1 aromatic carbocycles. The fraction of sp³-hybridized carbons (Fsp3) is 0.375. The highest BCUT2D eigenvalue weighted by molar-refractivity contribution is 6.28. The van der Waals surface area contributed by atoms with Crippen LogP contribution in [0.1, 0.15) is 29.8 Å². The maximum absolute atomic E-state index is 13.1. The van der Waals surface area contributed by atoms with Gasteiger partial charge < -0.3 is 9.64 Å². The Labute approximate surface area is 133 Å². The van der Waals surface area contributed by atoms with Crippen LogP contribution in [0.4, 0.5) is 10.2 Å². The van der Waals surface area contributed by atoms with E-state index in [9.17, 15) is 4.39 Å². The van der Waals surface area contributed by atoms with Crippen LogP contribution in [0.3, 0.4) is 0 Å². The third kappa shape index (κ3) is 2.78. The minimum Gasteiger partial charge on any atom is -0.367 e. The van der Waals surface area contributed by atoms with E-state index < -0.39 is 0 Å². The molecule has 0 aliphatic carbocycles. The summed E-state index contributed by atoms with van der Waals surface area (Å²) in [6, 6.07) is 6.28. The molecule has 0 saturated carbocycles. The fourth-order valence-corrected chi connectivity index (χ4v) is 2.80. The molecule has 0 saturated heterocycles. The third-order valence-corrected chi connectivity index (χ3v) is 4.05. The van der Waals surface area contributed by atoms with Crippen molar-refractivity contribution < 1.29 is 9.13 Å². The van der Waals surface area contributed by atoms with E-state index in [0.29, 0.717) is 6.61 Å². The van der Waals surface area contributed by atoms with Gasteiger partial charge in [0.25, 0.3) is 0 Å². The Morgan fingerprint density at radius 2 is 2.05 bits per heavy atom. The third-order valence-electron chi connectivity index (χ3n) is 3.88. The standard InChI is InChI=1S/C16H17ClFN3O/c1-3-21(2)15-12-8-9-22-14(13(12)19-16(17)20-15)10-4-6-11(18)7-5-10/h4-7,14H,3,8-9H2,1-2H3. The lowest BCUT2D eigenvalue weighted by Gasteiger charge is -2.29. The van der Waals surface area contributed by atoms with Gasteiger partial charge in [0.05, 0.1) is 12.3 Å². The molecule has 4 nitrogen and oxygen atoms in total. The zero-order valence-corrected chi connectivity index (χ0v) is 13.3. The zero-order valence-electron chi connectivity index (χ0n) is 12.5. The fourth-order valence-electron chi connectivity index (χ4n) is 2.63. The predicted octanol–water partition coefficient (Wildman–Crippen LogP) is 3.39. The van der Waals surface area contributed by atoms with Gasteiger partial charge in [-0.3, -0.25) is 0 Å². The van der Waals surface area contributed by atoms with Gasteiger partial charge in [-0.2, -0.15) is 0 Å². The summed E-state index contributed by atoms with van der Waals surface area (Å²) in [7, 11) is 1.97. The largest absolute Gasteiger partial charge is 0.367 e. The van der Waals surface area contributed by atoms with Gasteiger partial charge in [-0.05, 0) is 36.2 Å². The summed E-state index contributed by atoms with van der Waals surface area (Å²) < 4.78 is 19.0. The SMILES string of the molecule is CCN(C)c1nc(Cl)nc2c1CCOC2c1ccc(F)cc1. The number of rotatable bonds is 3. The number of halogens is 2. The summed E-state index contributed by atoms with van der Waals surface area (Å²) in [5, 5.41) is 0.201. The van der Waals surface area contributed by atoms with Crippen LogP contribution in [0.2, 0.25) is 5.28 Å². The van der Waals surface area contributed by atoms with Crippen molar-refractivity contribution in [3.05, 3.63) is 52.2 Å². The average molecular weight is 322 g/mol. The molecule has 1 aliphatic heterocycles. The quantitative estimate of drug-likeness (QED) is 0.812. The van der Waals surface area contributed by atoms with Crippen LogP contribution in [0.15, 0.2) is 24.3 Å². The lowest BCUT2D eigenvalue weighted by atomic mass is 9.98. The number of hydrogen-bond acceptors (Lipinski definition) is 4. The van der Waals surface area contributed by atoms with Crippen molar-refractivity contribution in [2.24, 2.45) is 0 Å². The number of hydrogen-bond donors (Lipinski definition) is 0. The van der Waals surface area contributed by atoms with Crippen molar-refractivity contribution in [3.63, 3.8) is 0 Å². The average Bonchev–Trinajstić information content (AvgIpc) is 2.53. The summed E-state index contributed by atoms with van der Waals surface area (Å²) in [6.07, 6.45) is 0.401. The first-order valence-electron chi connectivity index (χ1n) is 7.24. The van der Waals surface area contributed by atoms with Crippen LogP contribution >= 0.6 is 11.6 Å². The summed E-state index contributed by atoms with van der Waals surface area (Å²) in [5.74, 6) is 0.569.